The molecule has 0 aliphatic heterocycles. The minimum absolute atomic E-state index is 0.0626. The smallest absolute Gasteiger partial charge is 0.221 e. The molecule has 2 N–H and O–H groups in total. The number of aryl methyl sites for hydroxylation is 1. The Labute approximate surface area is 109 Å². The summed E-state index contributed by atoms with van der Waals surface area (Å²) in [5.74, 6) is -0.0626. The molecule has 1 aromatic heterocycles. The predicted molar refractivity (Wildman–Crippen MR) is 72.7 cm³/mol. The van der Waals surface area contributed by atoms with Crippen LogP contribution in [0.4, 0.5) is 11.4 Å². The van der Waals surface area contributed by atoms with Gasteiger partial charge in [-0.2, -0.15) is 0 Å². The first-order valence-corrected chi connectivity index (χ1v) is 6.37. The number of carbonyl (C=O) groups excluding carboxylic acids is 1. The fraction of sp³-hybridized carbons (Fsp3) is 0.250. The first-order valence-electron chi connectivity index (χ1n) is 5.53. The average Bonchev–Trinajstić information content (AvgIpc) is 2.82. The molecule has 0 bridgehead atoms. The molecule has 5 nitrogen and oxygen atoms in total. The third-order valence-electron chi connectivity index (χ3n) is 2.42. The van der Waals surface area contributed by atoms with E-state index in [0.29, 0.717) is 6.54 Å². The van der Waals surface area contributed by atoms with Crippen LogP contribution in [0.2, 0.25) is 0 Å². The summed E-state index contributed by atoms with van der Waals surface area (Å²) in [5.41, 5.74) is 3.77. The minimum Gasteiger partial charge on any atom is -0.379 e. The SMILES string of the molecule is CC(=O)Nc1ccc(NCc2csnn2)cc1C. The Hall–Kier alpha value is -1.95. The van der Waals surface area contributed by atoms with Gasteiger partial charge in [0.15, 0.2) is 0 Å². The Morgan fingerprint density at radius 1 is 1.44 bits per heavy atom. The van der Waals surface area contributed by atoms with Crippen molar-refractivity contribution < 1.29 is 4.79 Å². The number of benzene rings is 1. The summed E-state index contributed by atoms with van der Waals surface area (Å²) >= 11 is 1.34. The molecule has 1 amide bonds. The number of amides is 1. The second kappa shape index (κ2) is 5.59. The van der Waals surface area contributed by atoms with Gasteiger partial charge in [-0.15, -0.1) is 5.10 Å². The monoisotopic (exact) mass is 262 g/mol. The van der Waals surface area contributed by atoms with Gasteiger partial charge >= 0.3 is 0 Å². The van der Waals surface area contributed by atoms with Crippen LogP contribution in [0.1, 0.15) is 18.2 Å². The molecule has 2 aromatic rings. The molecule has 0 saturated carbocycles. The number of nitrogens with zero attached hydrogens (tertiary/aromatic N) is 2. The van der Waals surface area contributed by atoms with Crippen molar-refractivity contribution in [3.05, 3.63) is 34.8 Å². The lowest BCUT2D eigenvalue weighted by Crippen LogP contribution is -2.07. The van der Waals surface area contributed by atoms with E-state index in [9.17, 15) is 4.79 Å². The number of hydrogen-bond donors (Lipinski definition) is 2. The van der Waals surface area contributed by atoms with Gasteiger partial charge < -0.3 is 10.6 Å². The number of carbonyl (C=O) groups is 1. The van der Waals surface area contributed by atoms with Crippen molar-refractivity contribution in [2.75, 3.05) is 10.6 Å². The third kappa shape index (κ3) is 3.27. The highest BCUT2D eigenvalue weighted by atomic mass is 32.1. The standard InChI is InChI=1S/C12H14N4OS/c1-8-5-10(3-4-12(8)14-9(2)17)13-6-11-7-18-16-15-11/h3-5,7,13H,6H2,1-2H3,(H,14,17). The zero-order valence-corrected chi connectivity index (χ0v) is 11.0. The molecule has 2 rings (SSSR count). The van der Waals surface area contributed by atoms with Gasteiger partial charge in [-0.1, -0.05) is 4.49 Å². The van der Waals surface area contributed by atoms with E-state index in [1.54, 1.807) is 0 Å². The van der Waals surface area contributed by atoms with Crippen molar-refractivity contribution in [2.45, 2.75) is 20.4 Å². The lowest BCUT2D eigenvalue weighted by atomic mass is 10.1. The van der Waals surface area contributed by atoms with Gasteiger partial charge in [0.25, 0.3) is 0 Å². The zero-order chi connectivity index (χ0) is 13.0. The molecule has 1 aromatic carbocycles. The summed E-state index contributed by atoms with van der Waals surface area (Å²) in [7, 11) is 0. The summed E-state index contributed by atoms with van der Waals surface area (Å²) in [6.07, 6.45) is 0. The van der Waals surface area contributed by atoms with Gasteiger partial charge in [-0.05, 0) is 42.2 Å². The first-order chi connectivity index (χ1) is 8.65. The summed E-state index contributed by atoms with van der Waals surface area (Å²) in [4.78, 5) is 11.0. The number of nitrogens with one attached hydrogen (secondary N) is 2. The Bertz CT molecular complexity index is 539. The average molecular weight is 262 g/mol. The fourth-order valence-corrected chi connectivity index (χ4v) is 2.01. The molecule has 0 spiro atoms. The summed E-state index contributed by atoms with van der Waals surface area (Å²) in [6, 6.07) is 5.81. The number of hydrogen-bond acceptors (Lipinski definition) is 5. The summed E-state index contributed by atoms with van der Waals surface area (Å²) < 4.78 is 3.80. The van der Waals surface area contributed by atoms with Crippen LogP contribution < -0.4 is 10.6 Å². The molecule has 0 unspecified atom stereocenters. The second-order valence-corrected chi connectivity index (χ2v) is 4.57. The van der Waals surface area contributed by atoms with Crippen LogP contribution in [-0.2, 0) is 11.3 Å². The largest absolute Gasteiger partial charge is 0.379 e. The highest BCUT2D eigenvalue weighted by molar-refractivity contribution is 7.03. The van der Waals surface area contributed by atoms with Crippen LogP contribution in [0, 0.1) is 6.92 Å². The van der Waals surface area contributed by atoms with Crippen molar-refractivity contribution in [3.63, 3.8) is 0 Å². The van der Waals surface area contributed by atoms with Crippen LogP contribution in [-0.4, -0.2) is 15.5 Å². The Morgan fingerprint density at radius 3 is 2.89 bits per heavy atom. The van der Waals surface area contributed by atoms with Crippen molar-refractivity contribution in [2.24, 2.45) is 0 Å². The van der Waals surface area contributed by atoms with E-state index in [0.717, 1.165) is 22.6 Å². The van der Waals surface area contributed by atoms with Gasteiger partial charge in [0.2, 0.25) is 5.91 Å². The topological polar surface area (TPSA) is 66.9 Å². The number of anilines is 2. The van der Waals surface area contributed by atoms with E-state index >= 15 is 0 Å². The Kier molecular flexibility index (Phi) is 3.88. The van der Waals surface area contributed by atoms with Crippen LogP contribution in [0.25, 0.3) is 0 Å². The van der Waals surface area contributed by atoms with E-state index in [1.165, 1.54) is 18.5 Å². The summed E-state index contributed by atoms with van der Waals surface area (Å²) in [5, 5.41) is 11.9. The molecule has 0 fully saturated rings. The quantitative estimate of drug-likeness (QED) is 0.888. The molecule has 0 saturated heterocycles. The molecule has 0 radical (unpaired) electrons. The van der Waals surface area contributed by atoms with E-state index in [1.807, 2.05) is 30.5 Å². The molecule has 0 atom stereocenters. The van der Waals surface area contributed by atoms with Crippen molar-refractivity contribution in [3.8, 4) is 0 Å². The second-order valence-electron chi connectivity index (χ2n) is 3.96. The molecule has 1 heterocycles. The highest BCUT2D eigenvalue weighted by Gasteiger charge is 2.02. The molecule has 18 heavy (non-hydrogen) atoms. The van der Waals surface area contributed by atoms with Crippen LogP contribution in [0.15, 0.2) is 23.6 Å². The molecule has 6 heteroatoms. The lowest BCUT2D eigenvalue weighted by Gasteiger charge is -2.10. The Balaban J connectivity index is 2.02. The highest BCUT2D eigenvalue weighted by Crippen LogP contribution is 2.20. The van der Waals surface area contributed by atoms with Crippen molar-refractivity contribution in [1.82, 2.24) is 9.59 Å². The van der Waals surface area contributed by atoms with Crippen LogP contribution in [0.3, 0.4) is 0 Å². The predicted octanol–water partition coefficient (Wildman–Crippen LogP) is 2.42. The molecule has 0 aliphatic carbocycles. The van der Waals surface area contributed by atoms with E-state index in [-0.39, 0.29) is 5.91 Å². The Morgan fingerprint density at radius 2 is 2.28 bits per heavy atom. The third-order valence-corrected chi connectivity index (χ3v) is 2.97. The molecular formula is C12H14N4OS. The lowest BCUT2D eigenvalue weighted by molar-refractivity contribution is -0.114. The number of aromatic nitrogens is 2. The molecule has 94 valence electrons. The van der Waals surface area contributed by atoms with Gasteiger partial charge in [-0.25, -0.2) is 0 Å². The summed E-state index contributed by atoms with van der Waals surface area (Å²) in [6.45, 7) is 4.11. The van der Waals surface area contributed by atoms with Gasteiger partial charge in [-0.3, -0.25) is 4.79 Å². The molecular weight excluding hydrogens is 248 g/mol. The maximum atomic E-state index is 11.0. The van der Waals surface area contributed by atoms with Crippen molar-refractivity contribution in [1.29, 1.82) is 0 Å². The normalized spacial score (nSPS) is 10.1. The van der Waals surface area contributed by atoms with E-state index in [4.69, 9.17) is 0 Å². The maximum absolute atomic E-state index is 11.0. The van der Waals surface area contributed by atoms with Gasteiger partial charge in [0.05, 0.1) is 12.2 Å². The maximum Gasteiger partial charge on any atom is 0.221 e. The van der Waals surface area contributed by atoms with E-state index < -0.39 is 0 Å². The van der Waals surface area contributed by atoms with Crippen LogP contribution in [0.5, 0.6) is 0 Å². The number of rotatable bonds is 4. The minimum atomic E-state index is -0.0626. The first kappa shape index (κ1) is 12.5. The van der Waals surface area contributed by atoms with Crippen LogP contribution >= 0.6 is 11.5 Å². The fourth-order valence-electron chi connectivity index (χ4n) is 1.56. The molecule has 0 aliphatic rings. The van der Waals surface area contributed by atoms with E-state index in [2.05, 4.69) is 20.2 Å². The zero-order valence-electron chi connectivity index (χ0n) is 10.2. The van der Waals surface area contributed by atoms with Gasteiger partial charge in [0, 0.05) is 23.7 Å². The van der Waals surface area contributed by atoms with Crippen molar-refractivity contribution >= 4 is 28.8 Å². The van der Waals surface area contributed by atoms with Gasteiger partial charge in [0.1, 0.15) is 0 Å².